The van der Waals surface area contributed by atoms with Crippen LogP contribution in [-0.2, 0) is 17.9 Å². The number of ether oxygens (including phenoxy) is 1. The van der Waals surface area contributed by atoms with Crippen molar-refractivity contribution in [3.8, 4) is 0 Å². The Labute approximate surface area is 208 Å². The third kappa shape index (κ3) is 5.51. The molecule has 3 atom stereocenters. The molecule has 1 N–H and O–H groups in total. The zero-order valence-corrected chi connectivity index (χ0v) is 20.3. The summed E-state index contributed by atoms with van der Waals surface area (Å²) in [5.74, 6) is -0.402. The first kappa shape index (κ1) is 23.4. The van der Waals surface area contributed by atoms with Crippen LogP contribution in [0, 0.1) is 6.92 Å². The molecule has 180 valence electrons. The summed E-state index contributed by atoms with van der Waals surface area (Å²) in [7, 11) is 0. The molecule has 2 aromatic carbocycles. The second-order valence-corrected chi connectivity index (χ2v) is 9.97. The van der Waals surface area contributed by atoms with E-state index in [0.29, 0.717) is 24.2 Å². The lowest BCUT2D eigenvalue weighted by atomic mass is 9.90. The zero-order chi connectivity index (χ0) is 24.2. The number of hydrogen-bond acceptors (Lipinski definition) is 7. The van der Waals surface area contributed by atoms with Crippen molar-refractivity contribution >= 4 is 17.3 Å². The minimum atomic E-state index is -0.581. The molecule has 7 nitrogen and oxygen atoms in total. The number of benzene rings is 2. The Hall–Kier alpha value is -3.33. The number of nitrogens with zero attached hydrogens (tertiary/aromatic N) is 4. The average molecular weight is 489 g/mol. The molecule has 2 aromatic heterocycles. The lowest BCUT2D eigenvalue weighted by molar-refractivity contribution is -0.0105. The van der Waals surface area contributed by atoms with Gasteiger partial charge in [-0.2, -0.15) is 0 Å². The van der Waals surface area contributed by atoms with E-state index < -0.39 is 12.1 Å². The van der Waals surface area contributed by atoms with Crippen molar-refractivity contribution in [2.45, 2.75) is 44.7 Å². The fourth-order valence-electron chi connectivity index (χ4n) is 4.54. The summed E-state index contributed by atoms with van der Waals surface area (Å²) in [6.45, 7) is 3.54. The summed E-state index contributed by atoms with van der Waals surface area (Å²) in [4.78, 5) is 15.9. The quantitative estimate of drug-likeness (QED) is 0.384. The Balaban J connectivity index is 1.30. The average Bonchev–Trinajstić information content (AvgIpc) is 3.57. The molecule has 0 saturated carbocycles. The lowest BCUT2D eigenvalue weighted by Gasteiger charge is -2.42. The molecule has 1 fully saturated rings. The summed E-state index contributed by atoms with van der Waals surface area (Å²) in [6.07, 6.45) is 1.78. The minimum Gasteiger partial charge on any atom is -0.455 e. The Morgan fingerprint density at radius 1 is 1.11 bits per heavy atom. The van der Waals surface area contributed by atoms with E-state index in [1.807, 2.05) is 6.07 Å². The Bertz CT molecular complexity index is 1240. The Morgan fingerprint density at radius 3 is 2.66 bits per heavy atom. The van der Waals surface area contributed by atoms with Crippen molar-refractivity contribution in [2.75, 3.05) is 6.54 Å². The van der Waals surface area contributed by atoms with Crippen molar-refractivity contribution in [3.63, 3.8) is 0 Å². The van der Waals surface area contributed by atoms with Crippen LogP contribution in [0.25, 0.3) is 0 Å². The highest BCUT2D eigenvalue weighted by molar-refractivity contribution is 7.09. The van der Waals surface area contributed by atoms with E-state index in [2.05, 4.69) is 63.9 Å². The van der Waals surface area contributed by atoms with Gasteiger partial charge in [-0.3, -0.25) is 4.90 Å². The third-order valence-corrected chi connectivity index (χ3v) is 7.29. The molecule has 5 rings (SSSR count). The molecule has 1 aliphatic heterocycles. The number of thiophene rings is 1. The smallest absolute Gasteiger partial charge is 0.338 e. The number of aliphatic hydroxyl groups is 1. The molecule has 0 spiro atoms. The molecule has 0 radical (unpaired) electrons. The summed E-state index contributed by atoms with van der Waals surface area (Å²) in [6, 6.07) is 21.5. The van der Waals surface area contributed by atoms with Gasteiger partial charge in [-0.25, -0.2) is 9.48 Å². The van der Waals surface area contributed by atoms with Gasteiger partial charge in [0, 0.05) is 24.0 Å². The van der Waals surface area contributed by atoms with Crippen LogP contribution in [0.15, 0.2) is 78.3 Å². The molecule has 8 heteroatoms. The van der Waals surface area contributed by atoms with Crippen LogP contribution in [-0.4, -0.2) is 43.6 Å². The fourth-order valence-corrected chi connectivity index (χ4v) is 5.27. The monoisotopic (exact) mass is 488 g/mol. The number of aromatic nitrogens is 3. The van der Waals surface area contributed by atoms with Crippen LogP contribution in [0.1, 0.15) is 50.6 Å². The normalized spacial score (nSPS) is 20.6. The maximum Gasteiger partial charge on any atom is 0.338 e. The standard InChI is InChI=1S/C27H28N4O3S/c1-19-9-11-20(12-10-19)24-14-26(32)25(17-30(24)16-23-8-5-13-35-23)31-15-22(28-29-31)18-34-27(33)21-6-3-2-4-7-21/h2-13,15,24-26,32H,14,16-18H2,1H3. The van der Waals surface area contributed by atoms with Gasteiger partial charge in [0.25, 0.3) is 0 Å². The SMILES string of the molecule is Cc1ccc(C2CC(O)C(n3cc(COC(=O)c4ccccc4)nn3)CN2Cc2cccs2)cc1. The maximum absolute atomic E-state index is 12.2. The van der Waals surface area contributed by atoms with Gasteiger partial charge in [0.2, 0.25) is 0 Å². The van der Waals surface area contributed by atoms with Crippen molar-refractivity contribution in [1.29, 1.82) is 0 Å². The highest BCUT2D eigenvalue weighted by Crippen LogP contribution is 2.37. The second-order valence-electron chi connectivity index (χ2n) is 8.94. The Kier molecular flexibility index (Phi) is 7.03. The number of rotatable bonds is 7. The zero-order valence-electron chi connectivity index (χ0n) is 19.5. The molecule has 0 aliphatic carbocycles. The topological polar surface area (TPSA) is 80.5 Å². The number of hydrogen-bond donors (Lipinski definition) is 1. The summed E-state index contributed by atoms with van der Waals surface area (Å²) in [5.41, 5.74) is 3.47. The highest BCUT2D eigenvalue weighted by Gasteiger charge is 2.37. The summed E-state index contributed by atoms with van der Waals surface area (Å²) >= 11 is 1.74. The number of aryl methyl sites for hydroxylation is 1. The number of piperidine rings is 1. The van der Waals surface area contributed by atoms with Gasteiger partial charge in [0.1, 0.15) is 12.3 Å². The molecule has 0 bridgehead atoms. The first-order chi connectivity index (χ1) is 17.1. The molecular formula is C27H28N4O3S. The van der Waals surface area contributed by atoms with Crippen LogP contribution in [0.3, 0.4) is 0 Å². The highest BCUT2D eigenvalue weighted by atomic mass is 32.1. The van der Waals surface area contributed by atoms with Crippen LogP contribution in [0.5, 0.6) is 0 Å². The van der Waals surface area contributed by atoms with Crippen LogP contribution < -0.4 is 0 Å². The first-order valence-electron chi connectivity index (χ1n) is 11.7. The maximum atomic E-state index is 12.2. The number of aliphatic hydroxyl groups excluding tert-OH is 1. The van der Waals surface area contributed by atoms with Gasteiger partial charge in [-0.1, -0.05) is 59.3 Å². The van der Waals surface area contributed by atoms with Gasteiger partial charge in [-0.05, 0) is 42.5 Å². The van der Waals surface area contributed by atoms with Crippen LogP contribution in [0.4, 0.5) is 0 Å². The van der Waals surface area contributed by atoms with Crippen LogP contribution in [0.2, 0.25) is 0 Å². The minimum absolute atomic E-state index is 0.0292. The first-order valence-corrected chi connectivity index (χ1v) is 12.6. The van der Waals surface area contributed by atoms with Gasteiger partial charge < -0.3 is 9.84 Å². The molecule has 1 aliphatic rings. The van der Waals surface area contributed by atoms with Crippen molar-refractivity contribution < 1.29 is 14.6 Å². The van der Waals surface area contributed by atoms with Crippen molar-refractivity contribution in [3.05, 3.63) is 106 Å². The fraction of sp³-hybridized carbons (Fsp3) is 0.296. The molecule has 0 amide bonds. The third-order valence-electron chi connectivity index (χ3n) is 6.43. The van der Waals surface area contributed by atoms with Crippen molar-refractivity contribution in [2.24, 2.45) is 0 Å². The lowest BCUT2D eigenvalue weighted by Crippen LogP contribution is -2.45. The van der Waals surface area contributed by atoms with Gasteiger partial charge in [0.05, 0.1) is 23.9 Å². The van der Waals surface area contributed by atoms with E-state index in [1.165, 1.54) is 16.0 Å². The van der Waals surface area contributed by atoms with E-state index in [0.717, 1.165) is 6.54 Å². The van der Waals surface area contributed by atoms with E-state index >= 15 is 0 Å². The number of carbonyl (C=O) groups is 1. The molecule has 1 saturated heterocycles. The second kappa shape index (κ2) is 10.5. The number of carbonyl (C=O) groups excluding carboxylic acids is 1. The molecule has 3 heterocycles. The van der Waals surface area contributed by atoms with Crippen LogP contribution >= 0.6 is 11.3 Å². The van der Waals surface area contributed by atoms with Gasteiger partial charge in [-0.15, -0.1) is 16.4 Å². The molecule has 35 heavy (non-hydrogen) atoms. The van der Waals surface area contributed by atoms with E-state index in [-0.39, 0.29) is 18.7 Å². The number of esters is 1. The summed E-state index contributed by atoms with van der Waals surface area (Å²) < 4.78 is 7.10. The van der Waals surface area contributed by atoms with E-state index in [4.69, 9.17) is 4.74 Å². The Morgan fingerprint density at radius 2 is 1.91 bits per heavy atom. The van der Waals surface area contributed by atoms with Gasteiger partial charge in [0.15, 0.2) is 0 Å². The van der Waals surface area contributed by atoms with E-state index in [1.54, 1.807) is 46.5 Å². The largest absolute Gasteiger partial charge is 0.455 e. The predicted molar refractivity (Wildman–Crippen MR) is 134 cm³/mol. The van der Waals surface area contributed by atoms with Crippen molar-refractivity contribution in [1.82, 2.24) is 19.9 Å². The molecule has 4 aromatic rings. The number of likely N-dealkylation sites (tertiary alicyclic amines) is 1. The van der Waals surface area contributed by atoms with Gasteiger partial charge >= 0.3 is 5.97 Å². The molecule has 3 unspecified atom stereocenters. The molecular weight excluding hydrogens is 460 g/mol. The van der Waals surface area contributed by atoms with E-state index in [9.17, 15) is 9.90 Å². The summed E-state index contributed by atoms with van der Waals surface area (Å²) in [5, 5.41) is 21.7. The predicted octanol–water partition coefficient (Wildman–Crippen LogP) is 4.55.